The zero-order valence-corrected chi connectivity index (χ0v) is 14.1. The van der Waals surface area contributed by atoms with Gasteiger partial charge in [0.05, 0.1) is 0 Å². The van der Waals surface area contributed by atoms with E-state index in [0.717, 1.165) is 13.0 Å². The monoisotopic (exact) mass is 299 g/mol. The average Bonchev–Trinajstić information content (AvgIpc) is 2.34. The zero-order valence-electron chi connectivity index (χ0n) is 14.1. The minimum Gasteiger partial charge on any atom is -0.444 e. The van der Waals surface area contributed by atoms with Gasteiger partial charge in [0.25, 0.3) is 0 Å². The molecule has 1 saturated heterocycles. The van der Waals surface area contributed by atoms with Crippen molar-refractivity contribution >= 4 is 12.0 Å². The minimum atomic E-state index is -0.974. The summed E-state index contributed by atoms with van der Waals surface area (Å²) in [7, 11) is 0. The highest BCUT2D eigenvalue weighted by Gasteiger charge is 2.36. The van der Waals surface area contributed by atoms with Gasteiger partial charge in [-0.15, -0.1) is 0 Å². The molecule has 0 aromatic heterocycles. The fourth-order valence-corrected chi connectivity index (χ4v) is 2.29. The number of amides is 2. The van der Waals surface area contributed by atoms with Crippen molar-refractivity contribution in [1.29, 1.82) is 0 Å². The molecule has 122 valence electrons. The van der Waals surface area contributed by atoms with E-state index in [1.54, 1.807) is 34.6 Å². The third-order valence-corrected chi connectivity index (χ3v) is 3.38. The van der Waals surface area contributed by atoms with Crippen LogP contribution in [0, 0.1) is 0 Å². The molecule has 1 fully saturated rings. The third-order valence-electron chi connectivity index (χ3n) is 3.38. The van der Waals surface area contributed by atoms with Crippen LogP contribution in [0.2, 0.25) is 0 Å². The van der Waals surface area contributed by atoms with E-state index in [4.69, 9.17) is 4.74 Å². The van der Waals surface area contributed by atoms with Gasteiger partial charge in [0.15, 0.2) is 0 Å². The first-order valence-corrected chi connectivity index (χ1v) is 7.59. The lowest BCUT2D eigenvalue weighted by Crippen LogP contribution is -2.61. The van der Waals surface area contributed by atoms with E-state index in [9.17, 15) is 9.59 Å². The van der Waals surface area contributed by atoms with E-state index in [1.165, 1.54) is 0 Å². The summed E-state index contributed by atoms with van der Waals surface area (Å²) in [6, 6.07) is 0.319. The average molecular weight is 299 g/mol. The number of rotatable bonds is 3. The van der Waals surface area contributed by atoms with E-state index >= 15 is 0 Å². The molecule has 1 aliphatic heterocycles. The van der Waals surface area contributed by atoms with Crippen molar-refractivity contribution in [1.82, 2.24) is 15.5 Å². The van der Waals surface area contributed by atoms with E-state index < -0.39 is 17.2 Å². The summed E-state index contributed by atoms with van der Waals surface area (Å²) < 4.78 is 5.22. The van der Waals surface area contributed by atoms with Crippen LogP contribution < -0.4 is 10.6 Å². The Kier molecular flexibility index (Phi) is 5.61. The fraction of sp³-hybridized carbons (Fsp3) is 0.867. The molecule has 6 heteroatoms. The first-order chi connectivity index (χ1) is 9.55. The molecule has 0 bridgehead atoms. The van der Waals surface area contributed by atoms with Gasteiger partial charge in [-0.05, 0) is 41.0 Å². The summed E-state index contributed by atoms with van der Waals surface area (Å²) in [4.78, 5) is 26.3. The largest absolute Gasteiger partial charge is 0.444 e. The molecular weight excluding hydrogens is 270 g/mol. The molecule has 1 atom stereocenters. The summed E-state index contributed by atoms with van der Waals surface area (Å²) in [6.07, 6.45) is 0.409. The lowest BCUT2D eigenvalue weighted by molar-refractivity contribution is -0.138. The highest BCUT2D eigenvalue weighted by molar-refractivity contribution is 5.89. The Bertz CT molecular complexity index is 388. The Morgan fingerprint density at radius 1 is 1.29 bits per heavy atom. The number of nitrogens with zero attached hydrogens (tertiary/aromatic N) is 1. The van der Waals surface area contributed by atoms with Crippen molar-refractivity contribution in [2.75, 3.05) is 19.6 Å². The van der Waals surface area contributed by atoms with Crippen molar-refractivity contribution in [2.45, 2.75) is 65.1 Å². The topological polar surface area (TPSA) is 70.7 Å². The maximum absolute atomic E-state index is 12.6. The second-order valence-corrected chi connectivity index (χ2v) is 7.06. The summed E-state index contributed by atoms with van der Waals surface area (Å²) in [5, 5.41) is 6.04. The Morgan fingerprint density at radius 2 is 1.90 bits per heavy atom. The third kappa shape index (κ3) is 5.53. The van der Waals surface area contributed by atoms with Crippen LogP contribution in [0.25, 0.3) is 0 Å². The van der Waals surface area contributed by atoms with Gasteiger partial charge in [0.2, 0.25) is 5.91 Å². The second kappa shape index (κ2) is 6.64. The molecule has 1 rings (SSSR count). The van der Waals surface area contributed by atoms with E-state index in [2.05, 4.69) is 17.6 Å². The summed E-state index contributed by atoms with van der Waals surface area (Å²) in [5.74, 6) is -0.0756. The number of ether oxygens (including phenoxy) is 1. The summed E-state index contributed by atoms with van der Waals surface area (Å²) in [5.41, 5.74) is -1.55. The van der Waals surface area contributed by atoms with Gasteiger partial charge in [-0.25, -0.2) is 4.79 Å². The molecule has 2 N–H and O–H groups in total. The number of alkyl carbamates (subject to hydrolysis) is 1. The van der Waals surface area contributed by atoms with Gasteiger partial charge < -0.3 is 20.3 Å². The molecule has 21 heavy (non-hydrogen) atoms. The van der Waals surface area contributed by atoms with Gasteiger partial charge in [0.1, 0.15) is 11.1 Å². The van der Waals surface area contributed by atoms with Crippen LogP contribution >= 0.6 is 0 Å². The standard InChI is InChI=1S/C15H29N3O3/c1-7-11-10-18(9-8-16-11)12(19)15(5,6)17-13(20)21-14(2,3)4/h11,16H,7-10H2,1-6H3,(H,17,20)/t11-/m0/s1. The van der Waals surface area contributed by atoms with E-state index in [1.807, 2.05) is 4.90 Å². The normalized spacial score (nSPS) is 20.1. The number of carbonyl (C=O) groups is 2. The van der Waals surface area contributed by atoms with Crippen molar-refractivity contribution < 1.29 is 14.3 Å². The SMILES string of the molecule is CC[C@H]1CN(C(=O)C(C)(C)NC(=O)OC(C)(C)C)CCN1. The highest BCUT2D eigenvalue weighted by Crippen LogP contribution is 2.14. The van der Waals surface area contributed by atoms with Crippen LogP contribution in [0.5, 0.6) is 0 Å². The van der Waals surface area contributed by atoms with Crippen LogP contribution in [0.4, 0.5) is 4.79 Å². The summed E-state index contributed by atoms with van der Waals surface area (Å²) >= 11 is 0. The van der Waals surface area contributed by atoms with Crippen LogP contribution in [0.15, 0.2) is 0 Å². The number of carbonyl (C=O) groups excluding carboxylic acids is 2. The molecule has 0 aromatic rings. The molecule has 1 aliphatic rings. The van der Waals surface area contributed by atoms with Crippen molar-refractivity contribution in [3.8, 4) is 0 Å². The molecule has 0 saturated carbocycles. The van der Waals surface area contributed by atoms with Crippen LogP contribution in [-0.2, 0) is 9.53 Å². The maximum atomic E-state index is 12.6. The molecule has 1 heterocycles. The van der Waals surface area contributed by atoms with Gasteiger partial charge in [-0.1, -0.05) is 6.92 Å². The van der Waals surface area contributed by atoms with Crippen LogP contribution in [0.1, 0.15) is 48.0 Å². The molecule has 0 aliphatic carbocycles. The molecular formula is C15H29N3O3. The maximum Gasteiger partial charge on any atom is 0.408 e. The Morgan fingerprint density at radius 3 is 2.43 bits per heavy atom. The first-order valence-electron chi connectivity index (χ1n) is 7.59. The molecule has 0 unspecified atom stereocenters. The molecule has 6 nitrogen and oxygen atoms in total. The number of nitrogens with one attached hydrogen (secondary N) is 2. The van der Waals surface area contributed by atoms with Crippen molar-refractivity contribution in [2.24, 2.45) is 0 Å². The predicted molar refractivity (Wildman–Crippen MR) is 82.1 cm³/mol. The Hall–Kier alpha value is -1.30. The van der Waals surface area contributed by atoms with E-state index in [-0.39, 0.29) is 5.91 Å². The van der Waals surface area contributed by atoms with Gasteiger partial charge >= 0.3 is 6.09 Å². The fourth-order valence-electron chi connectivity index (χ4n) is 2.29. The van der Waals surface area contributed by atoms with Gasteiger partial charge in [0, 0.05) is 25.7 Å². The Labute approximate surface area is 127 Å². The second-order valence-electron chi connectivity index (χ2n) is 7.06. The molecule has 2 amide bonds. The van der Waals surface area contributed by atoms with E-state index in [0.29, 0.717) is 19.1 Å². The number of hydrogen-bond acceptors (Lipinski definition) is 4. The quantitative estimate of drug-likeness (QED) is 0.828. The van der Waals surface area contributed by atoms with Crippen LogP contribution in [-0.4, -0.2) is 53.7 Å². The number of piperazine rings is 1. The molecule has 0 spiro atoms. The number of hydrogen-bond donors (Lipinski definition) is 2. The van der Waals surface area contributed by atoms with Crippen LogP contribution in [0.3, 0.4) is 0 Å². The lowest BCUT2D eigenvalue weighted by Gasteiger charge is -2.38. The smallest absolute Gasteiger partial charge is 0.408 e. The van der Waals surface area contributed by atoms with Crippen molar-refractivity contribution in [3.05, 3.63) is 0 Å². The Balaban J connectivity index is 2.64. The lowest BCUT2D eigenvalue weighted by atomic mass is 10.0. The zero-order chi connectivity index (χ0) is 16.3. The minimum absolute atomic E-state index is 0.0756. The van der Waals surface area contributed by atoms with Crippen molar-refractivity contribution in [3.63, 3.8) is 0 Å². The highest BCUT2D eigenvalue weighted by atomic mass is 16.6. The van der Waals surface area contributed by atoms with Gasteiger partial charge in [-0.2, -0.15) is 0 Å². The molecule has 0 radical (unpaired) electrons. The summed E-state index contributed by atoms with van der Waals surface area (Å²) in [6.45, 7) is 13.0. The first kappa shape index (κ1) is 17.8. The molecule has 0 aromatic carbocycles. The predicted octanol–water partition coefficient (Wildman–Crippen LogP) is 1.50. The van der Waals surface area contributed by atoms with Gasteiger partial charge in [-0.3, -0.25) is 4.79 Å².